The molecule has 0 bridgehead atoms. The largest absolute Gasteiger partial charge is 0.457 e. The van der Waals surface area contributed by atoms with Crippen LogP contribution in [0.4, 0.5) is 0 Å². The third-order valence-corrected chi connectivity index (χ3v) is 3.34. The molecule has 0 aromatic heterocycles. The molecule has 0 aliphatic heterocycles. The van der Waals surface area contributed by atoms with Gasteiger partial charge < -0.3 is 15.2 Å². The molecule has 20 heavy (non-hydrogen) atoms. The lowest BCUT2D eigenvalue weighted by Crippen LogP contribution is -2.07. The molecule has 0 spiro atoms. The maximum atomic E-state index is 8.90. The second-order valence-corrected chi connectivity index (χ2v) is 4.87. The summed E-state index contributed by atoms with van der Waals surface area (Å²) in [5.74, 6) is 1.51. The van der Waals surface area contributed by atoms with Crippen LogP contribution in [0.25, 0.3) is 0 Å². The van der Waals surface area contributed by atoms with Crippen molar-refractivity contribution in [3.05, 3.63) is 58.6 Å². The monoisotopic (exact) mass is 291 g/mol. The van der Waals surface area contributed by atoms with E-state index in [2.05, 4.69) is 5.32 Å². The number of ether oxygens (including phenoxy) is 1. The van der Waals surface area contributed by atoms with E-state index < -0.39 is 0 Å². The van der Waals surface area contributed by atoms with Gasteiger partial charge in [0.1, 0.15) is 11.5 Å². The van der Waals surface area contributed by atoms with Gasteiger partial charge in [-0.05, 0) is 43.3 Å². The molecule has 2 aromatic rings. The van der Waals surface area contributed by atoms with Crippen molar-refractivity contribution >= 4 is 11.6 Å². The summed E-state index contributed by atoms with van der Waals surface area (Å²) >= 11 is 6.19. The number of aliphatic hydroxyl groups excluding tert-OH is 1. The lowest BCUT2D eigenvalue weighted by Gasteiger charge is -2.12. The van der Waals surface area contributed by atoms with E-state index in [0.29, 0.717) is 18.0 Å². The van der Waals surface area contributed by atoms with Gasteiger partial charge in [0.05, 0.1) is 0 Å². The van der Waals surface area contributed by atoms with Gasteiger partial charge in [0, 0.05) is 23.7 Å². The number of rotatable bonds is 6. The van der Waals surface area contributed by atoms with Gasteiger partial charge in [0.2, 0.25) is 0 Å². The lowest BCUT2D eigenvalue weighted by molar-refractivity contribution is 0.299. The van der Waals surface area contributed by atoms with Crippen LogP contribution in [0.5, 0.6) is 11.5 Å². The van der Waals surface area contributed by atoms with Gasteiger partial charge in [-0.25, -0.2) is 0 Å². The second kappa shape index (κ2) is 7.29. The SMILES string of the molecule is CNCc1c(Cl)cccc1Oc1ccc(CCO)cc1. The molecule has 0 unspecified atom stereocenters. The molecule has 0 aliphatic rings. The average Bonchev–Trinajstić information content (AvgIpc) is 2.45. The molecule has 0 fully saturated rings. The van der Waals surface area contributed by atoms with E-state index in [9.17, 15) is 0 Å². The zero-order chi connectivity index (χ0) is 14.4. The summed E-state index contributed by atoms with van der Waals surface area (Å²) in [6.07, 6.45) is 0.655. The van der Waals surface area contributed by atoms with E-state index in [1.165, 1.54) is 0 Å². The molecule has 106 valence electrons. The van der Waals surface area contributed by atoms with Crippen molar-refractivity contribution in [1.82, 2.24) is 5.32 Å². The Hall–Kier alpha value is -1.55. The summed E-state index contributed by atoms with van der Waals surface area (Å²) < 4.78 is 5.89. The van der Waals surface area contributed by atoms with Crippen LogP contribution in [-0.4, -0.2) is 18.8 Å². The quantitative estimate of drug-likeness (QED) is 0.857. The van der Waals surface area contributed by atoms with Gasteiger partial charge in [0.25, 0.3) is 0 Å². The minimum atomic E-state index is 0.154. The minimum Gasteiger partial charge on any atom is -0.457 e. The van der Waals surface area contributed by atoms with Crippen LogP contribution >= 0.6 is 11.6 Å². The summed E-state index contributed by atoms with van der Waals surface area (Å²) in [5.41, 5.74) is 2.03. The number of halogens is 1. The maximum absolute atomic E-state index is 8.90. The molecule has 0 radical (unpaired) electrons. The first-order valence-electron chi connectivity index (χ1n) is 6.54. The molecule has 2 rings (SSSR count). The number of hydrogen-bond acceptors (Lipinski definition) is 3. The van der Waals surface area contributed by atoms with Gasteiger partial charge in [-0.3, -0.25) is 0 Å². The van der Waals surface area contributed by atoms with E-state index >= 15 is 0 Å². The summed E-state index contributed by atoms with van der Waals surface area (Å²) in [5, 5.41) is 12.7. The zero-order valence-corrected chi connectivity index (χ0v) is 12.2. The Balaban J connectivity index is 2.19. The number of aliphatic hydroxyl groups is 1. The molecule has 0 saturated carbocycles. The van der Waals surface area contributed by atoms with Crippen molar-refractivity contribution in [2.75, 3.05) is 13.7 Å². The Bertz CT molecular complexity index is 555. The first-order chi connectivity index (χ1) is 9.74. The Labute approximate surface area is 124 Å². The normalized spacial score (nSPS) is 10.6. The predicted molar refractivity (Wildman–Crippen MR) is 81.5 cm³/mol. The van der Waals surface area contributed by atoms with Gasteiger partial charge in [-0.2, -0.15) is 0 Å². The number of benzene rings is 2. The molecule has 0 atom stereocenters. The van der Waals surface area contributed by atoms with E-state index in [1.54, 1.807) is 0 Å². The first kappa shape index (κ1) is 14.9. The van der Waals surface area contributed by atoms with E-state index in [-0.39, 0.29) is 6.61 Å². The van der Waals surface area contributed by atoms with Crippen molar-refractivity contribution < 1.29 is 9.84 Å². The highest BCUT2D eigenvalue weighted by Crippen LogP contribution is 2.30. The van der Waals surface area contributed by atoms with E-state index in [1.807, 2.05) is 49.5 Å². The molecule has 0 saturated heterocycles. The van der Waals surface area contributed by atoms with Gasteiger partial charge >= 0.3 is 0 Å². The van der Waals surface area contributed by atoms with Crippen LogP contribution in [0.3, 0.4) is 0 Å². The maximum Gasteiger partial charge on any atom is 0.133 e. The number of hydrogen-bond donors (Lipinski definition) is 2. The fraction of sp³-hybridized carbons (Fsp3) is 0.250. The van der Waals surface area contributed by atoms with Crippen LogP contribution in [0, 0.1) is 0 Å². The van der Waals surface area contributed by atoms with Crippen molar-refractivity contribution in [2.45, 2.75) is 13.0 Å². The summed E-state index contributed by atoms with van der Waals surface area (Å²) in [7, 11) is 1.87. The van der Waals surface area contributed by atoms with Crippen LogP contribution in [0.15, 0.2) is 42.5 Å². The zero-order valence-electron chi connectivity index (χ0n) is 11.4. The summed E-state index contributed by atoms with van der Waals surface area (Å²) in [6, 6.07) is 13.3. The highest BCUT2D eigenvalue weighted by molar-refractivity contribution is 6.31. The Morgan fingerprint density at radius 1 is 1.15 bits per heavy atom. The summed E-state index contributed by atoms with van der Waals surface area (Å²) in [6.45, 7) is 0.804. The average molecular weight is 292 g/mol. The fourth-order valence-corrected chi connectivity index (χ4v) is 2.20. The number of nitrogens with one attached hydrogen (secondary N) is 1. The van der Waals surface area contributed by atoms with Gasteiger partial charge in [0.15, 0.2) is 0 Å². The van der Waals surface area contributed by atoms with Crippen LogP contribution < -0.4 is 10.1 Å². The van der Waals surface area contributed by atoms with Crippen molar-refractivity contribution in [2.24, 2.45) is 0 Å². The third kappa shape index (κ3) is 3.73. The van der Waals surface area contributed by atoms with Crippen molar-refractivity contribution in [3.63, 3.8) is 0 Å². The smallest absolute Gasteiger partial charge is 0.133 e. The standard InChI is InChI=1S/C16H18ClNO2/c1-18-11-14-15(17)3-2-4-16(14)20-13-7-5-12(6-8-13)9-10-19/h2-8,18-19H,9-11H2,1H3. The Morgan fingerprint density at radius 2 is 1.90 bits per heavy atom. The highest BCUT2D eigenvalue weighted by atomic mass is 35.5. The molecular weight excluding hydrogens is 274 g/mol. The molecule has 4 heteroatoms. The van der Waals surface area contributed by atoms with Crippen molar-refractivity contribution in [3.8, 4) is 11.5 Å². The van der Waals surface area contributed by atoms with Gasteiger partial charge in [-0.15, -0.1) is 0 Å². The molecule has 2 aromatic carbocycles. The van der Waals surface area contributed by atoms with Gasteiger partial charge in [-0.1, -0.05) is 29.8 Å². The first-order valence-corrected chi connectivity index (χ1v) is 6.92. The Morgan fingerprint density at radius 3 is 2.55 bits per heavy atom. The predicted octanol–water partition coefficient (Wildman–Crippen LogP) is 3.39. The van der Waals surface area contributed by atoms with E-state index in [4.69, 9.17) is 21.4 Å². The lowest BCUT2D eigenvalue weighted by atomic mass is 10.1. The summed E-state index contributed by atoms with van der Waals surface area (Å²) in [4.78, 5) is 0. The fourth-order valence-electron chi connectivity index (χ4n) is 1.96. The molecule has 0 heterocycles. The molecule has 0 aliphatic carbocycles. The Kier molecular flexibility index (Phi) is 5.41. The molecule has 0 amide bonds. The van der Waals surface area contributed by atoms with Crippen LogP contribution in [-0.2, 0) is 13.0 Å². The third-order valence-electron chi connectivity index (χ3n) is 2.98. The van der Waals surface area contributed by atoms with Crippen LogP contribution in [0.2, 0.25) is 5.02 Å². The molecular formula is C16H18ClNO2. The van der Waals surface area contributed by atoms with E-state index in [0.717, 1.165) is 22.6 Å². The van der Waals surface area contributed by atoms with Crippen LogP contribution in [0.1, 0.15) is 11.1 Å². The molecule has 2 N–H and O–H groups in total. The van der Waals surface area contributed by atoms with Crippen molar-refractivity contribution in [1.29, 1.82) is 0 Å². The topological polar surface area (TPSA) is 41.5 Å². The highest BCUT2D eigenvalue weighted by Gasteiger charge is 2.08. The molecule has 3 nitrogen and oxygen atoms in total. The minimum absolute atomic E-state index is 0.154. The second-order valence-electron chi connectivity index (χ2n) is 4.47.